The molecule has 7 heteroatoms. The van der Waals surface area contributed by atoms with Crippen LogP contribution in [0.5, 0.6) is 0 Å². The van der Waals surface area contributed by atoms with Crippen molar-refractivity contribution in [3.05, 3.63) is 34.9 Å². The zero-order chi connectivity index (χ0) is 19.5. The molecule has 2 aliphatic rings. The zero-order valence-electron chi connectivity index (χ0n) is 16.6. The molecule has 1 N–H and O–H groups in total. The summed E-state index contributed by atoms with van der Waals surface area (Å²) in [5.74, 6) is 0. The van der Waals surface area contributed by atoms with Crippen molar-refractivity contribution in [2.45, 2.75) is 44.6 Å². The average Bonchev–Trinajstić information content (AvgIpc) is 2.99. The predicted molar refractivity (Wildman–Crippen MR) is 111 cm³/mol. The van der Waals surface area contributed by atoms with Crippen LogP contribution in [0.4, 0.5) is 10.5 Å². The molecule has 2 amide bonds. The number of piperazine rings is 1. The third-order valence-corrected chi connectivity index (χ3v) is 6.02. The highest BCUT2D eigenvalue weighted by Crippen LogP contribution is 2.21. The maximum Gasteiger partial charge on any atom is 0.317 e. The summed E-state index contributed by atoms with van der Waals surface area (Å²) < 4.78 is 1.49. The monoisotopic (exact) mass is 383 g/mol. The second kappa shape index (κ2) is 8.20. The third kappa shape index (κ3) is 3.98. The number of nitrogens with one attached hydrogen (secondary N) is 1. The number of nitrogens with zero attached hydrogens (tertiary/aromatic N) is 4. The van der Waals surface area contributed by atoms with Gasteiger partial charge in [-0.15, -0.1) is 0 Å². The van der Waals surface area contributed by atoms with Gasteiger partial charge in [-0.2, -0.15) is 0 Å². The molecule has 0 spiro atoms. The molecule has 1 aliphatic carbocycles. The fourth-order valence-electron chi connectivity index (χ4n) is 4.25. The van der Waals surface area contributed by atoms with Crippen molar-refractivity contribution in [3.8, 4) is 0 Å². The van der Waals surface area contributed by atoms with E-state index in [-0.39, 0.29) is 11.6 Å². The van der Waals surface area contributed by atoms with E-state index in [0.717, 1.165) is 31.6 Å². The van der Waals surface area contributed by atoms with Crippen molar-refractivity contribution in [2.24, 2.45) is 7.05 Å². The first-order valence-electron chi connectivity index (χ1n) is 10.4. The Labute approximate surface area is 165 Å². The first-order valence-corrected chi connectivity index (χ1v) is 10.4. The van der Waals surface area contributed by atoms with Gasteiger partial charge in [0.15, 0.2) is 0 Å². The molecule has 0 radical (unpaired) electrons. The van der Waals surface area contributed by atoms with Crippen molar-refractivity contribution < 1.29 is 4.79 Å². The van der Waals surface area contributed by atoms with Gasteiger partial charge in [-0.1, -0.05) is 25.7 Å². The van der Waals surface area contributed by atoms with Gasteiger partial charge in [-0.3, -0.25) is 4.79 Å². The Morgan fingerprint density at radius 3 is 2.50 bits per heavy atom. The molecule has 2 fully saturated rings. The largest absolute Gasteiger partial charge is 0.368 e. The standard InChI is InChI=1S/C21H29N5O2/c1-24-15-22-19-14-17(8-9-18(19)20(24)27)25-10-12-26(13-11-25)21(28)23-16-6-4-2-3-5-7-16/h8-9,14-16H,2-7,10-13H2,1H3,(H,23,28). The number of urea groups is 1. The lowest BCUT2D eigenvalue weighted by Crippen LogP contribution is -2.53. The fraction of sp³-hybridized carbons (Fsp3) is 0.571. The van der Waals surface area contributed by atoms with E-state index in [4.69, 9.17) is 0 Å². The number of carbonyl (C=O) groups excluding carboxylic acids is 1. The van der Waals surface area contributed by atoms with Gasteiger partial charge in [0.05, 0.1) is 17.2 Å². The van der Waals surface area contributed by atoms with E-state index in [1.807, 2.05) is 23.1 Å². The quantitative estimate of drug-likeness (QED) is 0.809. The molecule has 7 nitrogen and oxygen atoms in total. The maximum atomic E-state index is 12.6. The van der Waals surface area contributed by atoms with Crippen LogP contribution in [-0.4, -0.2) is 52.7 Å². The van der Waals surface area contributed by atoms with Gasteiger partial charge in [0.25, 0.3) is 5.56 Å². The number of aromatic nitrogens is 2. The van der Waals surface area contributed by atoms with Crippen molar-refractivity contribution in [1.29, 1.82) is 0 Å². The molecule has 1 aliphatic heterocycles. The highest BCUT2D eigenvalue weighted by molar-refractivity contribution is 5.81. The zero-order valence-corrected chi connectivity index (χ0v) is 16.6. The molecule has 4 rings (SSSR count). The van der Waals surface area contributed by atoms with Crippen molar-refractivity contribution >= 4 is 22.6 Å². The van der Waals surface area contributed by atoms with E-state index >= 15 is 0 Å². The summed E-state index contributed by atoms with van der Waals surface area (Å²) in [5, 5.41) is 3.87. The van der Waals surface area contributed by atoms with Crippen LogP contribution in [-0.2, 0) is 7.05 Å². The maximum absolute atomic E-state index is 12.6. The summed E-state index contributed by atoms with van der Waals surface area (Å²) >= 11 is 0. The fourth-order valence-corrected chi connectivity index (χ4v) is 4.25. The van der Waals surface area contributed by atoms with E-state index in [1.54, 1.807) is 13.4 Å². The van der Waals surface area contributed by atoms with E-state index in [0.29, 0.717) is 30.0 Å². The van der Waals surface area contributed by atoms with Crippen LogP contribution in [0, 0.1) is 0 Å². The number of anilines is 1. The molecule has 1 saturated carbocycles. The Hall–Kier alpha value is -2.57. The van der Waals surface area contributed by atoms with E-state index in [2.05, 4.69) is 15.2 Å². The summed E-state index contributed by atoms with van der Waals surface area (Å²) in [6.45, 7) is 2.99. The summed E-state index contributed by atoms with van der Waals surface area (Å²) in [4.78, 5) is 33.4. The van der Waals surface area contributed by atoms with E-state index in [9.17, 15) is 9.59 Å². The highest BCUT2D eigenvalue weighted by atomic mass is 16.2. The molecule has 2 aromatic rings. The second-order valence-corrected chi connectivity index (χ2v) is 7.97. The Morgan fingerprint density at radius 2 is 1.79 bits per heavy atom. The lowest BCUT2D eigenvalue weighted by atomic mass is 10.1. The smallest absolute Gasteiger partial charge is 0.317 e. The Morgan fingerprint density at radius 1 is 1.07 bits per heavy atom. The van der Waals surface area contributed by atoms with Crippen LogP contribution in [0.25, 0.3) is 10.9 Å². The molecule has 1 aromatic carbocycles. The third-order valence-electron chi connectivity index (χ3n) is 6.02. The van der Waals surface area contributed by atoms with E-state index in [1.165, 1.54) is 30.3 Å². The molecule has 2 heterocycles. The van der Waals surface area contributed by atoms with Crippen LogP contribution in [0.15, 0.2) is 29.3 Å². The molecule has 0 unspecified atom stereocenters. The number of hydrogen-bond acceptors (Lipinski definition) is 4. The van der Waals surface area contributed by atoms with Crippen molar-refractivity contribution in [1.82, 2.24) is 19.8 Å². The molecule has 1 saturated heterocycles. The summed E-state index contributed by atoms with van der Waals surface area (Å²) in [7, 11) is 1.71. The minimum absolute atomic E-state index is 0.0310. The molecule has 28 heavy (non-hydrogen) atoms. The summed E-state index contributed by atoms with van der Waals surface area (Å²) in [6.07, 6.45) is 8.79. The minimum Gasteiger partial charge on any atom is -0.368 e. The number of aryl methyl sites for hydroxylation is 1. The Kier molecular flexibility index (Phi) is 5.50. The lowest BCUT2D eigenvalue weighted by molar-refractivity contribution is 0.189. The van der Waals surface area contributed by atoms with Gasteiger partial charge in [-0.25, -0.2) is 9.78 Å². The number of carbonyl (C=O) groups is 1. The first-order chi connectivity index (χ1) is 13.6. The molecular formula is C21H29N5O2. The number of fused-ring (bicyclic) bond motifs is 1. The number of amides is 2. The van der Waals surface area contributed by atoms with Gasteiger partial charge >= 0.3 is 6.03 Å². The molecule has 150 valence electrons. The summed E-state index contributed by atoms with van der Waals surface area (Å²) in [6, 6.07) is 6.22. The van der Waals surface area contributed by atoms with Crippen molar-refractivity contribution in [2.75, 3.05) is 31.1 Å². The van der Waals surface area contributed by atoms with Gasteiger partial charge in [0.2, 0.25) is 0 Å². The SMILES string of the molecule is Cn1cnc2cc(N3CCN(C(=O)NC4CCCCCC4)CC3)ccc2c1=O. The van der Waals surface area contributed by atoms with Crippen LogP contribution in [0.3, 0.4) is 0 Å². The Bertz CT molecular complexity index is 893. The van der Waals surface area contributed by atoms with Gasteiger partial charge in [0, 0.05) is 45.0 Å². The first kappa shape index (κ1) is 18.8. The van der Waals surface area contributed by atoms with Gasteiger partial charge in [-0.05, 0) is 31.0 Å². The average molecular weight is 383 g/mol. The van der Waals surface area contributed by atoms with Crippen molar-refractivity contribution in [3.63, 3.8) is 0 Å². The minimum atomic E-state index is -0.0310. The molecule has 1 aromatic heterocycles. The van der Waals surface area contributed by atoms with Crippen LogP contribution >= 0.6 is 0 Å². The normalized spacial score (nSPS) is 18.9. The molecular weight excluding hydrogens is 354 g/mol. The van der Waals surface area contributed by atoms with Gasteiger partial charge < -0.3 is 19.7 Å². The van der Waals surface area contributed by atoms with Gasteiger partial charge in [0.1, 0.15) is 0 Å². The second-order valence-electron chi connectivity index (χ2n) is 7.97. The Balaban J connectivity index is 1.37. The predicted octanol–water partition coefficient (Wildman–Crippen LogP) is 2.49. The summed E-state index contributed by atoms with van der Waals surface area (Å²) in [5.41, 5.74) is 1.74. The number of benzene rings is 1. The number of hydrogen-bond donors (Lipinski definition) is 1. The van der Waals surface area contributed by atoms with Crippen LogP contribution < -0.4 is 15.8 Å². The van der Waals surface area contributed by atoms with Crippen LogP contribution in [0.1, 0.15) is 38.5 Å². The number of rotatable bonds is 2. The lowest BCUT2D eigenvalue weighted by Gasteiger charge is -2.36. The highest BCUT2D eigenvalue weighted by Gasteiger charge is 2.24. The molecule has 0 atom stereocenters. The molecule has 0 bridgehead atoms. The van der Waals surface area contributed by atoms with Crippen LogP contribution in [0.2, 0.25) is 0 Å². The topological polar surface area (TPSA) is 70.5 Å². The van der Waals surface area contributed by atoms with E-state index < -0.39 is 0 Å².